The van der Waals surface area contributed by atoms with Gasteiger partial charge in [0.25, 0.3) is 11.9 Å². The van der Waals surface area contributed by atoms with Crippen molar-refractivity contribution in [3.05, 3.63) is 112 Å². The molecule has 2 amide bonds. The van der Waals surface area contributed by atoms with Gasteiger partial charge in [0.15, 0.2) is 5.03 Å². The molecular weight excluding hydrogens is 500 g/mol. The highest BCUT2D eigenvalue weighted by atomic mass is 16.7. The van der Waals surface area contributed by atoms with E-state index in [1.807, 2.05) is 60.7 Å². The van der Waals surface area contributed by atoms with Crippen LogP contribution in [0.5, 0.6) is 5.75 Å². The number of hydrogen-bond donors (Lipinski definition) is 3. The highest BCUT2D eigenvalue weighted by Crippen LogP contribution is 2.31. The number of guanidine groups is 1. The number of hydrogen-bond acceptors (Lipinski definition) is 6. The van der Waals surface area contributed by atoms with Crippen molar-refractivity contribution in [1.29, 1.82) is 0 Å². The molecular formula is C28H32N6O5. The number of carbonyl (C=O) groups excluding carboxylic acids is 2. The summed E-state index contributed by atoms with van der Waals surface area (Å²) in [5, 5.41) is 9.90. The Kier molecular flexibility index (Phi) is 10.5. The van der Waals surface area contributed by atoms with Gasteiger partial charge < -0.3 is 21.1 Å². The molecule has 0 saturated heterocycles. The second-order valence-corrected chi connectivity index (χ2v) is 8.68. The van der Waals surface area contributed by atoms with Gasteiger partial charge in [-0.2, -0.15) is 4.99 Å². The molecule has 0 aliphatic rings. The second kappa shape index (κ2) is 14.2. The Morgan fingerprint density at radius 1 is 1.00 bits per heavy atom. The first-order valence-corrected chi connectivity index (χ1v) is 12.4. The van der Waals surface area contributed by atoms with Crippen molar-refractivity contribution in [2.24, 2.45) is 16.5 Å². The van der Waals surface area contributed by atoms with E-state index in [0.717, 1.165) is 11.1 Å². The van der Waals surface area contributed by atoms with Crippen LogP contribution in [0.3, 0.4) is 0 Å². The Labute approximate surface area is 226 Å². The number of hydrazine groups is 1. The molecule has 0 bridgehead atoms. The average molecular weight is 533 g/mol. The number of nitrogens with two attached hydrogens (primary N) is 2. The SMILES string of the molecule is COc1ccccc1CN(C(=O)C(c1ccccc1)c1ccccc1)[C@@H](CCCN)C(=O)N=C(N)N[N+](=O)[O-]. The summed E-state index contributed by atoms with van der Waals surface area (Å²) in [6, 6.07) is 24.6. The fourth-order valence-electron chi connectivity index (χ4n) is 4.33. The second-order valence-electron chi connectivity index (χ2n) is 8.68. The molecule has 0 fully saturated rings. The number of nitro groups is 1. The molecule has 39 heavy (non-hydrogen) atoms. The van der Waals surface area contributed by atoms with E-state index in [2.05, 4.69) is 4.99 Å². The number of amides is 2. The maximum Gasteiger partial charge on any atom is 0.271 e. The minimum Gasteiger partial charge on any atom is -0.496 e. The van der Waals surface area contributed by atoms with Gasteiger partial charge in [-0.05, 0) is 36.6 Å². The zero-order valence-electron chi connectivity index (χ0n) is 21.6. The third kappa shape index (κ3) is 7.86. The lowest BCUT2D eigenvalue weighted by molar-refractivity contribution is -0.525. The fourth-order valence-corrected chi connectivity index (χ4v) is 4.33. The molecule has 3 aromatic rings. The Balaban J connectivity index is 2.15. The van der Waals surface area contributed by atoms with E-state index in [0.29, 0.717) is 17.7 Å². The normalized spacial score (nSPS) is 12.0. The highest BCUT2D eigenvalue weighted by Gasteiger charge is 2.36. The number of carbonyl (C=O) groups is 2. The first-order chi connectivity index (χ1) is 18.8. The van der Waals surface area contributed by atoms with E-state index in [1.54, 1.807) is 29.7 Å². The maximum absolute atomic E-state index is 14.5. The number of benzene rings is 3. The first kappa shape index (κ1) is 28.8. The van der Waals surface area contributed by atoms with Crippen LogP contribution in [0.4, 0.5) is 0 Å². The monoisotopic (exact) mass is 532 g/mol. The molecule has 1 atom stereocenters. The lowest BCUT2D eigenvalue weighted by Crippen LogP contribution is -2.47. The molecule has 0 aliphatic heterocycles. The number of nitrogens with one attached hydrogen (secondary N) is 1. The average Bonchev–Trinajstić information content (AvgIpc) is 2.93. The van der Waals surface area contributed by atoms with Crippen molar-refractivity contribution in [3.8, 4) is 5.75 Å². The number of aliphatic imine (C=N–C) groups is 1. The van der Waals surface area contributed by atoms with Gasteiger partial charge in [0.1, 0.15) is 11.8 Å². The van der Waals surface area contributed by atoms with Crippen molar-refractivity contribution in [1.82, 2.24) is 10.3 Å². The number of ether oxygens (including phenoxy) is 1. The third-order valence-corrected chi connectivity index (χ3v) is 6.11. The van der Waals surface area contributed by atoms with Gasteiger partial charge in [-0.15, -0.1) is 0 Å². The van der Waals surface area contributed by atoms with Crippen LogP contribution in [-0.2, 0) is 16.1 Å². The quantitative estimate of drug-likeness (QED) is 0.138. The molecule has 0 heterocycles. The van der Waals surface area contributed by atoms with E-state index < -0.39 is 28.9 Å². The summed E-state index contributed by atoms with van der Waals surface area (Å²) in [5.41, 5.74) is 15.2. The highest BCUT2D eigenvalue weighted by molar-refractivity contribution is 5.97. The zero-order valence-corrected chi connectivity index (χ0v) is 21.6. The minimum absolute atomic E-state index is 0.0120. The van der Waals surface area contributed by atoms with E-state index in [-0.39, 0.29) is 25.4 Å². The van der Waals surface area contributed by atoms with Crippen molar-refractivity contribution in [2.45, 2.75) is 31.3 Å². The maximum atomic E-state index is 14.5. The van der Waals surface area contributed by atoms with Crippen LogP contribution in [0, 0.1) is 10.1 Å². The first-order valence-electron chi connectivity index (χ1n) is 12.4. The molecule has 0 spiro atoms. The molecule has 11 nitrogen and oxygen atoms in total. The fraction of sp³-hybridized carbons (Fsp3) is 0.250. The Morgan fingerprint density at radius 3 is 2.10 bits per heavy atom. The summed E-state index contributed by atoms with van der Waals surface area (Å²) in [6.45, 7) is 0.270. The van der Waals surface area contributed by atoms with Crippen LogP contribution in [0.1, 0.15) is 35.4 Å². The lowest BCUT2D eigenvalue weighted by Gasteiger charge is -2.33. The predicted molar refractivity (Wildman–Crippen MR) is 147 cm³/mol. The number of methoxy groups -OCH3 is 1. The van der Waals surface area contributed by atoms with Gasteiger partial charge in [0, 0.05) is 5.56 Å². The van der Waals surface area contributed by atoms with Crippen molar-refractivity contribution >= 4 is 17.8 Å². The number of nitrogens with zero attached hydrogens (tertiary/aromatic N) is 3. The summed E-state index contributed by atoms with van der Waals surface area (Å²) in [5.74, 6) is -2.05. The minimum atomic E-state index is -1.10. The lowest BCUT2D eigenvalue weighted by atomic mass is 9.89. The van der Waals surface area contributed by atoms with Gasteiger partial charge in [-0.1, -0.05) is 84.3 Å². The van der Waals surface area contributed by atoms with Gasteiger partial charge in [-0.3, -0.25) is 9.59 Å². The van der Waals surface area contributed by atoms with E-state index in [1.165, 1.54) is 12.0 Å². The van der Waals surface area contributed by atoms with Crippen molar-refractivity contribution in [3.63, 3.8) is 0 Å². The van der Waals surface area contributed by atoms with E-state index in [9.17, 15) is 19.7 Å². The van der Waals surface area contributed by atoms with Crippen molar-refractivity contribution < 1.29 is 19.4 Å². The number of rotatable bonds is 12. The molecule has 0 radical (unpaired) electrons. The molecule has 204 valence electrons. The molecule has 5 N–H and O–H groups in total. The molecule has 3 aromatic carbocycles. The van der Waals surface area contributed by atoms with Crippen LogP contribution < -0.4 is 21.6 Å². The molecule has 0 unspecified atom stereocenters. The van der Waals surface area contributed by atoms with Gasteiger partial charge in [0.2, 0.25) is 5.91 Å². The van der Waals surface area contributed by atoms with Crippen LogP contribution >= 0.6 is 0 Å². The molecule has 0 saturated carbocycles. The van der Waals surface area contributed by atoms with Crippen LogP contribution in [0.2, 0.25) is 0 Å². The zero-order chi connectivity index (χ0) is 28.2. The third-order valence-electron chi connectivity index (χ3n) is 6.11. The van der Waals surface area contributed by atoms with E-state index >= 15 is 0 Å². The van der Waals surface area contributed by atoms with E-state index in [4.69, 9.17) is 16.2 Å². The van der Waals surface area contributed by atoms with Gasteiger partial charge in [-0.25, -0.2) is 10.1 Å². The number of para-hydroxylation sites is 1. The van der Waals surface area contributed by atoms with Gasteiger partial charge in [0.05, 0.1) is 19.6 Å². The Hall–Kier alpha value is -4.77. The molecule has 0 aliphatic carbocycles. The van der Waals surface area contributed by atoms with Crippen molar-refractivity contribution in [2.75, 3.05) is 13.7 Å². The van der Waals surface area contributed by atoms with Crippen LogP contribution in [0.15, 0.2) is 89.9 Å². The summed E-state index contributed by atoms with van der Waals surface area (Å²) in [6.07, 6.45) is 0.563. The predicted octanol–water partition coefficient (Wildman–Crippen LogP) is 2.59. The Bertz CT molecular complexity index is 1250. The van der Waals surface area contributed by atoms with Crippen LogP contribution in [0.25, 0.3) is 0 Å². The Morgan fingerprint density at radius 2 is 1.56 bits per heavy atom. The standard InChI is InChI=1S/C28H32N6O5/c1-39-24-17-9-8-15-22(24)19-33(23(16-10-18-29)26(35)31-28(30)32-34(37)38)27(36)25(20-11-4-2-5-12-20)21-13-6-3-7-14-21/h2-9,11-15,17,23,25H,10,16,18-19,29H2,1H3,(H3,30,31,32,35)/t23-/m0/s1. The summed E-state index contributed by atoms with van der Waals surface area (Å²) < 4.78 is 5.51. The largest absolute Gasteiger partial charge is 0.496 e. The smallest absolute Gasteiger partial charge is 0.271 e. The van der Waals surface area contributed by atoms with Gasteiger partial charge >= 0.3 is 0 Å². The molecule has 3 rings (SSSR count). The summed E-state index contributed by atoms with van der Waals surface area (Å²) in [7, 11) is 1.52. The molecule has 11 heteroatoms. The topological polar surface area (TPSA) is 166 Å². The summed E-state index contributed by atoms with van der Waals surface area (Å²) >= 11 is 0. The molecule has 0 aromatic heterocycles. The summed E-state index contributed by atoms with van der Waals surface area (Å²) in [4.78, 5) is 43.9. The van der Waals surface area contributed by atoms with Crippen LogP contribution in [-0.4, -0.2) is 47.4 Å².